The van der Waals surface area contributed by atoms with Crippen molar-refractivity contribution in [3.63, 3.8) is 0 Å². The molecule has 1 atom stereocenters. The van der Waals surface area contributed by atoms with Gasteiger partial charge in [0.2, 0.25) is 0 Å². The molecule has 1 fully saturated rings. The quantitative estimate of drug-likeness (QED) is 0.504. The summed E-state index contributed by atoms with van der Waals surface area (Å²) in [6, 6.07) is 11.5. The Balaban J connectivity index is 1.57. The van der Waals surface area contributed by atoms with E-state index in [1.54, 1.807) is 16.9 Å². The van der Waals surface area contributed by atoms with Crippen LogP contribution in [0, 0.1) is 5.82 Å². The van der Waals surface area contributed by atoms with Crippen molar-refractivity contribution in [2.75, 3.05) is 18.5 Å². The van der Waals surface area contributed by atoms with E-state index in [4.69, 9.17) is 4.74 Å². The smallest absolute Gasteiger partial charge is 0.255 e. The molecule has 0 aliphatic carbocycles. The van der Waals surface area contributed by atoms with E-state index in [9.17, 15) is 9.18 Å². The Bertz CT molecular complexity index is 1040. The Labute approximate surface area is 188 Å². The Morgan fingerprint density at radius 3 is 2.81 bits per heavy atom. The summed E-state index contributed by atoms with van der Waals surface area (Å²) < 4.78 is 21.9. The molecule has 3 aromatic rings. The second kappa shape index (κ2) is 9.62. The molecular formula is C23H24BrFN4O2. The monoisotopic (exact) mass is 486 g/mol. The normalized spacial score (nSPS) is 15.8. The molecule has 2 N–H and O–H groups in total. The lowest BCUT2D eigenvalue weighted by Crippen LogP contribution is -2.23. The minimum atomic E-state index is -0.380. The lowest BCUT2D eigenvalue weighted by Gasteiger charge is -2.16. The molecule has 6 nitrogen and oxygen atoms in total. The van der Waals surface area contributed by atoms with Crippen LogP contribution in [0.4, 0.5) is 10.1 Å². The molecule has 4 rings (SSSR count). The van der Waals surface area contributed by atoms with Gasteiger partial charge in [0.1, 0.15) is 11.6 Å². The highest BCUT2D eigenvalue weighted by atomic mass is 79.9. The molecule has 1 amide bonds. The van der Waals surface area contributed by atoms with Crippen LogP contribution in [0.5, 0.6) is 5.75 Å². The average Bonchev–Trinajstić information content (AvgIpc) is 3.39. The Morgan fingerprint density at radius 1 is 1.32 bits per heavy atom. The van der Waals surface area contributed by atoms with Crippen LogP contribution < -0.4 is 15.4 Å². The molecule has 1 saturated heterocycles. The standard InChI is InChI=1S/C23H24BrFN4O2/c1-29-22(20(24)14-27-29)19-13-18(28-23(30)15-4-6-16(25)7-5-15)8-9-21(19)31-12-10-17-3-2-11-26-17/h4-9,13-14,17,26H,2-3,10-12H2,1H3,(H,28,30). The second-order valence-corrected chi connectivity index (χ2v) is 8.42. The zero-order chi connectivity index (χ0) is 21.8. The van der Waals surface area contributed by atoms with Gasteiger partial charge in [-0.1, -0.05) is 0 Å². The SMILES string of the molecule is Cn1ncc(Br)c1-c1cc(NC(=O)c2ccc(F)cc2)ccc1OCCC1CCCN1. The molecule has 8 heteroatoms. The fraction of sp³-hybridized carbons (Fsp3) is 0.304. The number of hydrogen-bond donors (Lipinski definition) is 2. The molecule has 1 aliphatic rings. The first kappa shape index (κ1) is 21.5. The van der Waals surface area contributed by atoms with Crippen LogP contribution in [0.3, 0.4) is 0 Å². The minimum absolute atomic E-state index is 0.309. The maximum absolute atomic E-state index is 13.1. The fourth-order valence-electron chi connectivity index (χ4n) is 3.75. The molecule has 2 aromatic carbocycles. The first-order chi connectivity index (χ1) is 15.0. The van der Waals surface area contributed by atoms with Crippen LogP contribution in [-0.4, -0.2) is 34.9 Å². The topological polar surface area (TPSA) is 68.2 Å². The van der Waals surface area contributed by atoms with Crippen molar-refractivity contribution in [3.8, 4) is 17.0 Å². The van der Waals surface area contributed by atoms with Gasteiger partial charge in [-0.3, -0.25) is 9.48 Å². The highest BCUT2D eigenvalue weighted by Gasteiger charge is 2.18. The summed E-state index contributed by atoms with van der Waals surface area (Å²) in [4.78, 5) is 12.6. The molecule has 1 aliphatic heterocycles. The number of benzene rings is 2. The fourth-order valence-corrected chi connectivity index (χ4v) is 4.31. The number of carbonyl (C=O) groups excluding carboxylic acids is 1. The van der Waals surface area contributed by atoms with Gasteiger partial charge in [-0.05, 0) is 84.2 Å². The van der Waals surface area contributed by atoms with Crippen molar-refractivity contribution < 1.29 is 13.9 Å². The number of amides is 1. The van der Waals surface area contributed by atoms with Gasteiger partial charge >= 0.3 is 0 Å². The maximum Gasteiger partial charge on any atom is 0.255 e. The number of hydrogen-bond acceptors (Lipinski definition) is 4. The lowest BCUT2D eigenvalue weighted by molar-refractivity contribution is 0.102. The van der Waals surface area contributed by atoms with Gasteiger partial charge in [0.15, 0.2) is 0 Å². The van der Waals surface area contributed by atoms with Crippen LogP contribution in [-0.2, 0) is 7.05 Å². The van der Waals surface area contributed by atoms with E-state index in [1.165, 1.54) is 37.1 Å². The van der Waals surface area contributed by atoms with E-state index in [2.05, 4.69) is 31.7 Å². The molecular weight excluding hydrogens is 463 g/mol. The maximum atomic E-state index is 13.1. The van der Waals surface area contributed by atoms with Crippen molar-refractivity contribution in [1.29, 1.82) is 0 Å². The van der Waals surface area contributed by atoms with Gasteiger partial charge in [0, 0.05) is 29.9 Å². The van der Waals surface area contributed by atoms with E-state index >= 15 is 0 Å². The molecule has 162 valence electrons. The van der Waals surface area contributed by atoms with Crippen molar-refractivity contribution >= 4 is 27.5 Å². The van der Waals surface area contributed by atoms with Crippen LogP contribution in [0.2, 0.25) is 0 Å². The summed E-state index contributed by atoms with van der Waals surface area (Å²) in [5.74, 6) is 0.0345. The summed E-state index contributed by atoms with van der Waals surface area (Å²) in [6.45, 7) is 1.67. The number of nitrogens with one attached hydrogen (secondary N) is 2. The number of ether oxygens (including phenoxy) is 1. The van der Waals surface area contributed by atoms with Gasteiger partial charge in [0.25, 0.3) is 5.91 Å². The number of aryl methyl sites for hydroxylation is 1. The number of rotatable bonds is 7. The summed E-state index contributed by atoms with van der Waals surface area (Å²) in [7, 11) is 1.86. The summed E-state index contributed by atoms with van der Waals surface area (Å²) in [6.07, 6.45) is 5.05. The number of aromatic nitrogens is 2. The third-order valence-electron chi connectivity index (χ3n) is 5.38. The van der Waals surface area contributed by atoms with E-state index in [0.29, 0.717) is 23.9 Å². The number of halogens is 2. The number of carbonyl (C=O) groups is 1. The summed E-state index contributed by atoms with van der Waals surface area (Å²) in [5.41, 5.74) is 2.67. The highest BCUT2D eigenvalue weighted by Crippen LogP contribution is 2.37. The van der Waals surface area contributed by atoms with Crippen molar-refractivity contribution in [2.45, 2.75) is 25.3 Å². The molecule has 0 radical (unpaired) electrons. The van der Waals surface area contributed by atoms with Crippen LogP contribution in [0.25, 0.3) is 11.3 Å². The molecule has 0 spiro atoms. The molecule has 0 saturated carbocycles. The zero-order valence-electron chi connectivity index (χ0n) is 17.2. The second-order valence-electron chi connectivity index (χ2n) is 7.57. The lowest BCUT2D eigenvalue weighted by atomic mass is 10.1. The largest absolute Gasteiger partial charge is 0.493 e. The van der Waals surface area contributed by atoms with Gasteiger partial charge in [-0.15, -0.1) is 0 Å². The molecule has 0 bridgehead atoms. The van der Waals surface area contributed by atoms with Gasteiger partial charge in [-0.2, -0.15) is 5.10 Å². The van der Waals surface area contributed by atoms with Crippen LogP contribution >= 0.6 is 15.9 Å². The Morgan fingerprint density at radius 2 is 2.13 bits per heavy atom. The summed E-state index contributed by atoms with van der Waals surface area (Å²) >= 11 is 3.56. The predicted molar refractivity (Wildman–Crippen MR) is 122 cm³/mol. The molecule has 2 heterocycles. The molecule has 31 heavy (non-hydrogen) atoms. The van der Waals surface area contributed by atoms with E-state index in [0.717, 1.165) is 34.4 Å². The van der Waals surface area contributed by atoms with Crippen molar-refractivity contribution in [2.24, 2.45) is 7.05 Å². The van der Waals surface area contributed by atoms with Gasteiger partial charge in [0.05, 0.1) is 23.0 Å². The first-order valence-electron chi connectivity index (χ1n) is 10.3. The predicted octanol–water partition coefficient (Wildman–Crippen LogP) is 4.76. The van der Waals surface area contributed by atoms with E-state index in [1.807, 2.05) is 19.2 Å². The number of nitrogens with zero attached hydrogens (tertiary/aromatic N) is 2. The third-order valence-corrected chi connectivity index (χ3v) is 5.96. The Kier molecular flexibility index (Phi) is 6.67. The summed E-state index contributed by atoms with van der Waals surface area (Å²) in [5, 5.41) is 10.7. The van der Waals surface area contributed by atoms with Crippen molar-refractivity contribution in [3.05, 3.63) is 64.5 Å². The molecule has 1 aromatic heterocycles. The van der Waals surface area contributed by atoms with Gasteiger partial charge < -0.3 is 15.4 Å². The van der Waals surface area contributed by atoms with Gasteiger partial charge in [-0.25, -0.2) is 4.39 Å². The minimum Gasteiger partial charge on any atom is -0.493 e. The Hall–Kier alpha value is -2.71. The van der Waals surface area contributed by atoms with E-state index < -0.39 is 0 Å². The highest BCUT2D eigenvalue weighted by molar-refractivity contribution is 9.10. The zero-order valence-corrected chi connectivity index (χ0v) is 18.8. The average molecular weight is 487 g/mol. The van der Waals surface area contributed by atoms with Crippen molar-refractivity contribution in [1.82, 2.24) is 15.1 Å². The first-order valence-corrected chi connectivity index (χ1v) is 11.1. The molecule has 1 unspecified atom stereocenters. The van der Waals surface area contributed by atoms with E-state index in [-0.39, 0.29) is 11.7 Å². The number of anilines is 1. The van der Waals surface area contributed by atoms with Crippen LogP contribution in [0.15, 0.2) is 53.1 Å². The third kappa shape index (κ3) is 5.14. The van der Waals surface area contributed by atoms with Crippen LogP contribution in [0.1, 0.15) is 29.6 Å².